The predicted molar refractivity (Wildman–Crippen MR) is 67.6 cm³/mol. The first-order valence-corrected chi connectivity index (χ1v) is 5.94. The highest BCUT2D eigenvalue weighted by atomic mass is 16.4. The van der Waals surface area contributed by atoms with E-state index in [1.807, 2.05) is 4.57 Å². The van der Waals surface area contributed by atoms with Crippen molar-refractivity contribution >= 4 is 17.0 Å². The summed E-state index contributed by atoms with van der Waals surface area (Å²) in [4.78, 5) is 15.0. The van der Waals surface area contributed by atoms with Crippen LogP contribution in [0.2, 0.25) is 0 Å². The number of benzene rings is 1. The van der Waals surface area contributed by atoms with Crippen LogP contribution in [0.1, 0.15) is 30.1 Å². The summed E-state index contributed by atoms with van der Waals surface area (Å²) in [6.07, 6.45) is 3.02. The number of nitrogens with zero attached hydrogens (tertiary/aromatic N) is 2. The van der Waals surface area contributed by atoms with E-state index >= 15 is 0 Å². The lowest BCUT2D eigenvalue weighted by Gasteiger charge is -2.06. The fourth-order valence-corrected chi connectivity index (χ4v) is 1.93. The van der Waals surface area contributed by atoms with E-state index in [2.05, 4.69) is 4.98 Å². The summed E-state index contributed by atoms with van der Waals surface area (Å²) in [6.45, 7) is 2.54. The maximum Gasteiger partial charge on any atom is 0.335 e. The topological polar surface area (TPSA) is 75.3 Å². The number of aliphatic hydroxyl groups excluding tert-OH is 1. The Morgan fingerprint density at radius 1 is 1.50 bits per heavy atom. The van der Waals surface area contributed by atoms with E-state index < -0.39 is 5.97 Å². The smallest absolute Gasteiger partial charge is 0.335 e. The van der Waals surface area contributed by atoms with Crippen molar-refractivity contribution in [2.45, 2.75) is 32.4 Å². The Labute approximate surface area is 105 Å². The predicted octanol–water partition coefficient (Wildman–Crippen LogP) is 1.90. The first-order valence-electron chi connectivity index (χ1n) is 5.94. The van der Waals surface area contributed by atoms with E-state index in [-0.39, 0.29) is 11.7 Å². The van der Waals surface area contributed by atoms with E-state index in [1.54, 1.807) is 31.5 Å². The average Bonchev–Trinajstić information content (AvgIpc) is 2.71. The number of aryl methyl sites for hydroxylation is 1. The number of aliphatic hydroxyl groups is 1. The SMILES string of the molecule is CC(O)CCCn1cnc2cc(C(=O)O)ccc21. The molecule has 1 heterocycles. The summed E-state index contributed by atoms with van der Waals surface area (Å²) in [5, 5.41) is 18.1. The highest BCUT2D eigenvalue weighted by Crippen LogP contribution is 2.16. The minimum absolute atomic E-state index is 0.247. The van der Waals surface area contributed by atoms with Crippen molar-refractivity contribution in [3.63, 3.8) is 0 Å². The molecule has 0 saturated heterocycles. The van der Waals surface area contributed by atoms with Crippen LogP contribution >= 0.6 is 0 Å². The van der Waals surface area contributed by atoms with Gasteiger partial charge in [0, 0.05) is 6.54 Å². The molecule has 0 aliphatic heterocycles. The van der Waals surface area contributed by atoms with Crippen molar-refractivity contribution in [2.75, 3.05) is 0 Å². The lowest BCUT2D eigenvalue weighted by atomic mass is 10.2. The van der Waals surface area contributed by atoms with Gasteiger partial charge in [-0.05, 0) is 38.0 Å². The molecule has 0 aliphatic carbocycles. The second-order valence-electron chi connectivity index (χ2n) is 4.44. The van der Waals surface area contributed by atoms with E-state index in [4.69, 9.17) is 5.11 Å². The van der Waals surface area contributed by atoms with E-state index in [0.29, 0.717) is 5.52 Å². The summed E-state index contributed by atoms with van der Waals surface area (Å²) in [6, 6.07) is 4.93. The Bertz CT molecular complexity index is 560. The zero-order valence-electron chi connectivity index (χ0n) is 10.2. The number of rotatable bonds is 5. The molecule has 1 unspecified atom stereocenters. The molecule has 2 rings (SSSR count). The molecule has 1 atom stereocenters. The zero-order chi connectivity index (χ0) is 13.1. The van der Waals surface area contributed by atoms with Gasteiger partial charge in [0.15, 0.2) is 0 Å². The van der Waals surface area contributed by atoms with Crippen LogP contribution in [-0.4, -0.2) is 31.8 Å². The molecule has 0 saturated carbocycles. The standard InChI is InChI=1S/C13H16N2O3/c1-9(16)3-2-6-15-8-14-11-7-10(13(17)18)4-5-12(11)15/h4-5,7-9,16H,2-3,6H2,1H3,(H,17,18). The van der Waals surface area contributed by atoms with Crippen molar-refractivity contribution in [3.8, 4) is 0 Å². The molecule has 5 nitrogen and oxygen atoms in total. The number of hydrogen-bond acceptors (Lipinski definition) is 3. The van der Waals surface area contributed by atoms with Crippen molar-refractivity contribution < 1.29 is 15.0 Å². The summed E-state index contributed by atoms with van der Waals surface area (Å²) in [5.74, 6) is -0.944. The number of carboxylic acid groups (broad SMARTS) is 1. The van der Waals surface area contributed by atoms with Crippen LogP contribution in [0.5, 0.6) is 0 Å². The third-order valence-electron chi connectivity index (χ3n) is 2.89. The number of imidazole rings is 1. The first kappa shape index (κ1) is 12.6. The minimum Gasteiger partial charge on any atom is -0.478 e. The van der Waals surface area contributed by atoms with Gasteiger partial charge in [-0.2, -0.15) is 0 Å². The fraction of sp³-hybridized carbons (Fsp3) is 0.385. The van der Waals surface area contributed by atoms with Gasteiger partial charge < -0.3 is 14.8 Å². The Kier molecular flexibility index (Phi) is 3.62. The molecule has 18 heavy (non-hydrogen) atoms. The number of carboxylic acids is 1. The molecular weight excluding hydrogens is 232 g/mol. The quantitative estimate of drug-likeness (QED) is 0.847. The normalized spacial score (nSPS) is 12.8. The molecule has 0 radical (unpaired) electrons. The van der Waals surface area contributed by atoms with Gasteiger partial charge in [0.25, 0.3) is 0 Å². The number of aromatic carboxylic acids is 1. The van der Waals surface area contributed by atoms with Crippen molar-refractivity contribution in [1.82, 2.24) is 9.55 Å². The maximum atomic E-state index is 10.8. The Hall–Kier alpha value is -1.88. The van der Waals surface area contributed by atoms with Gasteiger partial charge in [-0.3, -0.25) is 0 Å². The van der Waals surface area contributed by atoms with E-state index in [9.17, 15) is 9.90 Å². The molecule has 0 bridgehead atoms. The maximum absolute atomic E-state index is 10.8. The highest BCUT2D eigenvalue weighted by molar-refractivity contribution is 5.92. The van der Waals surface area contributed by atoms with E-state index in [0.717, 1.165) is 24.9 Å². The fourth-order valence-electron chi connectivity index (χ4n) is 1.93. The molecule has 0 spiro atoms. The number of fused-ring (bicyclic) bond motifs is 1. The van der Waals surface area contributed by atoms with E-state index in [1.165, 1.54) is 0 Å². The van der Waals surface area contributed by atoms with Gasteiger partial charge in [0.05, 0.1) is 29.0 Å². The van der Waals surface area contributed by atoms with Gasteiger partial charge in [-0.1, -0.05) is 0 Å². The van der Waals surface area contributed by atoms with Crippen LogP contribution in [0.25, 0.3) is 11.0 Å². The molecule has 2 aromatic rings. The van der Waals surface area contributed by atoms with Gasteiger partial charge in [0.2, 0.25) is 0 Å². The Balaban J connectivity index is 2.18. The van der Waals surface area contributed by atoms with Crippen LogP contribution in [0.4, 0.5) is 0 Å². The summed E-state index contributed by atoms with van der Waals surface area (Å²) < 4.78 is 1.98. The largest absolute Gasteiger partial charge is 0.478 e. The van der Waals surface area contributed by atoms with Gasteiger partial charge in [-0.25, -0.2) is 9.78 Å². The second kappa shape index (κ2) is 5.18. The van der Waals surface area contributed by atoms with Gasteiger partial charge in [0.1, 0.15) is 0 Å². The first-order chi connectivity index (χ1) is 8.58. The monoisotopic (exact) mass is 248 g/mol. The summed E-state index contributed by atoms with van der Waals surface area (Å²) in [7, 11) is 0. The summed E-state index contributed by atoms with van der Waals surface area (Å²) in [5.41, 5.74) is 1.86. The summed E-state index contributed by atoms with van der Waals surface area (Å²) >= 11 is 0. The lowest BCUT2D eigenvalue weighted by Crippen LogP contribution is -2.03. The van der Waals surface area contributed by atoms with Gasteiger partial charge in [-0.15, -0.1) is 0 Å². The molecule has 96 valence electrons. The minimum atomic E-state index is -0.944. The highest BCUT2D eigenvalue weighted by Gasteiger charge is 2.07. The van der Waals surface area contributed by atoms with Crippen LogP contribution in [0.15, 0.2) is 24.5 Å². The van der Waals surface area contributed by atoms with Crippen LogP contribution in [0, 0.1) is 0 Å². The number of carbonyl (C=O) groups is 1. The second-order valence-corrected chi connectivity index (χ2v) is 4.44. The Morgan fingerprint density at radius 2 is 2.28 bits per heavy atom. The molecule has 0 amide bonds. The zero-order valence-corrected chi connectivity index (χ0v) is 10.2. The average molecular weight is 248 g/mol. The number of aromatic nitrogens is 2. The molecule has 1 aromatic heterocycles. The molecule has 1 aromatic carbocycles. The van der Waals surface area contributed by atoms with Gasteiger partial charge >= 0.3 is 5.97 Å². The molecule has 5 heteroatoms. The molecular formula is C13H16N2O3. The Morgan fingerprint density at radius 3 is 2.94 bits per heavy atom. The van der Waals surface area contributed by atoms with Crippen molar-refractivity contribution in [3.05, 3.63) is 30.1 Å². The lowest BCUT2D eigenvalue weighted by molar-refractivity contribution is 0.0697. The van der Waals surface area contributed by atoms with Crippen molar-refractivity contribution in [2.24, 2.45) is 0 Å². The molecule has 0 aliphatic rings. The third kappa shape index (κ3) is 2.68. The van der Waals surface area contributed by atoms with Crippen LogP contribution < -0.4 is 0 Å². The van der Waals surface area contributed by atoms with Crippen LogP contribution in [0.3, 0.4) is 0 Å². The van der Waals surface area contributed by atoms with Crippen molar-refractivity contribution in [1.29, 1.82) is 0 Å². The molecule has 0 fully saturated rings. The van der Waals surface area contributed by atoms with Crippen LogP contribution in [-0.2, 0) is 6.54 Å². The third-order valence-corrected chi connectivity index (χ3v) is 2.89. The molecule has 2 N–H and O–H groups in total. The number of hydrogen-bond donors (Lipinski definition) is 2.